The number of esters is 1. The van der Waals surface area contributed by atoms with Crippen molar-refractivity contribution in [2.24, 2.45) is 5.92 Å². The number of hydrogen-bond acceptors (Lipinski definition) is 2. The van der Waals surface area contributed by atoms with E-state index in [-0.39, 0.29) is 12.1 Å². The SMILES string of the molecule is O=C(CC1CCCCC1)OC1CCCCC1. The van der Waals surface area contributed by atoms with Crippen molar-refractivity contribution in [1.82, 2.24) is 0 Å². The van der Waals surface area contributed by atoms with Gasteiger partial charge in [-0.1, -0.05) is 25.7 Å². The second-order valence-electron chi connectivity index (χ2n) is 5.46. The summed E-state index contributed by atoms with van der Waals surface area (Å²) in [6.45, 7) is 0. The molecule has 16 heavy (non-hydrogen) atoms. The zero-order chi connectivity index (χ0) is 11.2. The average molecular weight is 224 g/mol. The lowest BCUT2D eigenvalue weighted by atomic mass is 9.87. The van der Waals surface area contributed by atoms with Crippen molar-refractivity contribution < 1.29 is 9.53 Å². The fraction of sp³-hybridized carbons (Fsp3) is 0.929. The molecule has 0 aromatic heterocycles. The highest BCUT2D eigenvalue weighted by Crippen LogP contribution is 2.27. The third kappa shape index (κ3) is 3.80. The van der Waals surface area contributed by atoms with Crippen LogP contribution in [0.25, 0.3) is 0 Å². The van der Waals surface area contributed by atoms with Crippen LogP contribution in [-0.4, -0.2) is 12.1 Å². The van der Waals surface area contributed by atoms with Crippen molar-refractivity contribution in [2.45, 2.75) is 76.7 Å². The Morgan fingerprint density at radius 1 is 0.875 bits per heavy atom. The minimum atomic E-state index is 0.0683. The number of ether oxygens (including phenoxy) is 1. The standard InChI is InChI=1S/C14H24O2/c15-14(11-12-7-3-1-4-8-12)16-13-9-5-2-6-10-13/h12-13H,1-11H2. The molecule has 0 aliphatic heterocycles. The summed E-state index contributed by atoms with van der Waals surface area (Å²) in [4.78, 5) is 11.8. The molecule has 0 N–H and O–H groups in total. The fourth-order valence-electron chi connectivity index (χ4n) is 3.04. The van der Waals surface area contributed by atoms with Gasteiger partial charge in [-0.25, -0.2) is 0 Å². The lowest BCUT2D eigenvalue weighted by Crippen LogP contribution is -2.23. The van der Waals surface area contributed by atoms with Crippen LogP contribution in [-0.2, 0) is 9.53 Å². The maximum atomic E-state index is 11.8. The smallest absolute Gasteiger partial charge is 0.306 e. The van der Waals surface area contributed by atoms with E-state index in [9.17, 15) is 4.79 Å². The Morgan fingerprint density at radius 3 is 2.06 bits per heavy atom. The Bertz CT molecular complexity index is 191. The summed E-state index contributed by atoms with van der Waals surface area (Å²) >= 11 is 0. The van der Waals surface area contributed by atoms with Crippen LogP contribution in [0.2, 0.25) is 0 Å². The zero-order valence-electron chi connectivity index (χ0n) is 10.2. The highest BCUT2D eigenvalue weighted by Gasteiger charge is 2.21. The first kappa shape index (κ1) is 11.9. The molecule has 0 spiro atoms. The van der Waals surface area contributed by atoms with Crippen LogP contribution < -0.4 is 0 Å². The Kier molecular flexibility index (Phi) is 4.68. The molecular formula is C14H24O2. The second-order valence-corrected chi connectivity index (χ2v) is 5.46. The van der Waals surface area contributed by atoms with Crippen molar-refractivity contribution >= 4 is 5.97 Å². The second kappa shape index (κ2) is 6.27. The van der Waals surface area contributed by atoms with Crippen molar-refractivity contribution in [3.05, 3.63) is 0 Å². The molecule has 0 heterocycles. The minimum absolute atomic E-state index is 0.0683. The van der Waals surface area contributed by atoms with Gasteiger partial charge in [0.15, 0.2) is 0 Å². The predicted molar refractivity (Wildman–Crippen MR) is 64.2 cm³/mol. The zero-order valence-corrected chi connectivity index (χ0v) is 10.2. The van der Waals surface area contributed by atoms with Crippen LogP contribution in [0.15, 0.2) is 0 Å². The van der Waals surface area contributed by atoms with Gasteiger partial charge in [0.05, 0.1) is 0 Å². The summed E-state index contributed by atoms with van der Waals surface area (Å²) in [7, 11) is 0. The van der Waals surface area contributed by atoms with Gasteiger partial charge in [0.1, 0.15) is 6.10 Å². The molecule has 2 aliphatic carbocycles. The Hall–Kier alpha value is -0.530. The maximum Gasteiger partial charge on any atom is 0.306 e. The predicted octanol–water partition coefficient (Wildman–Crippen LogP) is 3.83. The van der Waals surface area contributed by atoms with Crippen LogP contribution in [0.4, 0.5) is 0 Å². The highest BCUT2D eigenvalue weighted by atomic mass is 16.5. The average Bonchev–Trinajstić information content (AvgIpc) is 2.31. The Morgan fingerprint density at radius 2 is 1.44 bits per heavy atom. The van der Waals surface area contributed by atoms with E-state index >= 15 is 0 Å². The van der Waals surface area contributed by atoms with E-state index in [1.807, 2.05) is 0 Å². The largest absolute Gasteiger partial charge is 0.462 e. The van der Waals surface area contributed by atoms with Gasteiger partial charge in [-0.15, -0.1) is 0 Å². The van der Waals surface area contributed by atoms with Crippen molar-refractivity contribution in [3.63, 3.8) is 0 Å². The highest BCUT2D eigenvalue weighted by molar-refractivity contribution is 5.69. The van der Waals surface area contributed by atoms with Crippen molar-refractivity contribution in [1.29, 1.82) is 0 Å². The van der Waals surface area contributed by atoms with Gasteiger partial charge in [-0.3, -0.25) is 4.79 Å². The van der Waals surface area contributed by atoms with Crippen molar-refractivity contribution in [2.75, 3.05) is 0 Å². The molecule has 2 saturated carbocycles. The number of rotatable bonds is 3. The van der Waals surface area contributed by atoms with Crippen LogP contribution >= 0.6 is 0 Å². The molecule has 2 rings (SSSR count). The van der Waals surface area contributed by atoms with E-state index < -0.39 is 0 Å². The number of carbonyl (C=O) groups excluding carboxylic acids is 1. The molecule has 2 nitrogen and oxygen atoms in total. The molecular weight excluding hydrogens is 200 g/mol. The first-order valence-electron chi connectivity index (χ1n) is 7.04. The lowest BCUT2D eigenvalue weighted by Gasteiger charge is -2.24. The summed E-state index contributed by atoms with van der Waals surface area (Å²) < 4.78 is 5.56. The van der Waals surface area contributed by atoms with Gasteiger partial charge in [0.25, 0.3) is 0 Å². The van der Waals surface area contributed by atoms with Gasteiger partial charge in [0, 0.05) is 6.42 Å². The molecule has 92 valence electrons. The van der Waals surface area contributed by atoms with Crippen LogP contribution in [0.3, 0.4) is 0 Å². The monoisotopic (exact) mass is 224 g/mol. The van der Waals surface area contributed by atoms with E-state index in [1.54, 1.807) is 0 Å². The fourth-order valence-corrected chi connectivity index (χ4v) is 3.04. The minimum Gasteiger partial charge on any atom is -0.462 e. The molecule has 0 unspecified atom stereocenters. The van der Waals surface area contributed by atoms with Crippen LogP contribution in [0.1, 0.15) is 70.6 Å². The Balaban J connectivity index is 1.66. The summed E-state index contributed by atoms with van der Waals surface area (Å²) in [6, 6.07) is 0. The normalized spacial score (nSPS) is 24.2. The van der Waals surface area contributed by atoms with Gasteiger partial charge in [-0.05, 0) is 44.4 Å². The summed E-state index contributed by atoms with van der Waals surface area (Å²) in [5, 5.41) is 0. The van der Waals surface area contributed by atoms with Gasteiger partial charge >= 0.3 is 5.97 Å². The quantitative estimate of drug-likeness (QED) is 0.681. The third-order valence-electron chi connectivity index (χ3n) is 4.03. The molecule has 0 amide bonds. The molecule has 0 radical (unpaired) electrons. The summed E-state index contributed by atoms with van der Waals surface area (Å²) in [6.07, 6.45) is 13.3. The van der Waals surface area contributed by atoms with Gasteiger partial charge in [0.2, 0.25) is 0 Å². The Labute approximate surface area is 98.7 Å². The van der Waals surface area contributed by atoms with Crippen LogP contribution in [0, 0.1) is 5.92 Å². The molecule has 2 aliphatic rings. The van der Waals surface area contributed by atoms with Gasteiger partial charge in [-0.2, -0.15) is 0 Å². The van der Waals surface area contributed by atoms with E-state index in [1.165, 1.54) is 51.4 Å². The van der Waals surface area contributed by atoms with Crippen LogP contribution in [0.5, 0.6) is 0 Å². The number of carbonyl (C=O) groups is 1. The third-order valence-corrected chi connectivity index (χ3v) is 4.03. The molecule has 0 atom stereocenters. The summed E-state index contributed by atoms with van der Waals surface area (Å²) in [5.41, 5.74) is 0. The molecule has 0 aromatic rings. The summed E-state index contributed by atoms with van der Waals surface area (Å²) in [5.74, 6) is 0.684. The van der Waals surface area contributed by atoms with E-state index in [2.05, 4.69) is 0 Å². The molecule has 2 fully saturated rings. The molecule has 0 saturated heterocycles. The van der Waals surface area contributed by atoms with Gasteiger partial charge < -0.3 is 4.74 Å². The topological polar surface area (TPSA) is 26.3 Å². The van der Waals surface area contributed by atoms with E-state index in [0.29, 0.717) is 12.3 Å². The first-order valence-corrected chi connectivity index (χ1v) is 7.04. The molecule has 0 aromatic carbocycles. The maximum absolute atomic E-state index is 11.8. The van der Waals surface area contributed by atoms with Crippen molar-refractivity contribution in [3.8, 4) is 0 Å². The first-order chi connectivity index (χ1) is 7.84. The molecule has 0 bridgehead atoms. The van der Waals surface area contributed by atoms with E-state index in [4.69, 9.17) is 4.74 Å². The molecule has 2 heteroatoms. The number of hydrogen-bond donors (Lipinski definition) is 0. The van der Waals surface area contributed by atoms with E-state index in [0.717, 1.165) is 12.8 Å². The lowest BCUT2D eigenvalue weighted by molar-refractivity contribution is -0.151.